The molecule has 7 heteroatoms. The van der Waals surface area contributed by atoms with E-state index < -0.39 is 12.8 Å². The van der Waals surface area contributed by atoms with Crippen molar-refractivity contribution < 1.29 is 22.3 Å². The van der Waals surface area contributed by atoms with Gasteiger partial charge in [-0.25, -0.2) is 4.39 Å². The van der Waals surface area contributed by atoms with Crippen LogP contribution in [0.15, 0.2) is 16.6 Å². The fraction of sp³-hybridized carbons (Fsp3) is 0.500. The summed E-state index contributed by atoms with van der Waals surface area (Å²) in [5.41, 5.74) is 1.47. The summed E-state index contributed by atoms with van der Waals surface area (Å²) in [5.74, 6) is -0.388. The summed E-state index contributed by atoms with van der Waals surface area (Å²) in [6.45, 7) is 0.996. The Balaban J connectivity index is 2.28. The van der Waals surface area contributed by atoms with Crippen molar-refractivity contribution >= 4 is 21.6 Å². The molecule has 1 aromatic rings. The molecule has 2 nitrogen and oxygen atoms in total. The first-order valence-corrected chi connectivity index (χ1v) is 6.43. The van der Waals surface area contributed by atoms with Gasteiger partial charge in [0.1, 0.15) is 12.4 Å². The number of hydrogen-bond donors (Lipinski definition) is 1. The predicted octanol–water partition coefficient (Wildman–Crippen LogP) is 4.28. The third kappa shape index (κ3) is 6.24. The Bertz CT molecular complexity index is 423. The number of aryl methyl sites for hydroxylation is 1. The molecule has 0 amide bonds. The van der Waals surface area contributed by atoms with Gasteiger partial charge in [0.25, 0.3) is 0 Å². The van der Waals surface area contributed by atoms with Gasteiger partial charge < -0.3 is 10.1 Å². The number of ether oxygens (including phenoxy) is 1. The van der Waals surface area contributed by atoms with E-state index in [0.29, 0.717) is 23.1 Å². The maximum Gasteiger partial charge on any atom is 0.411 e. The van der Waals surface area contributed by atoms with Gasteiger partial charge in [-0.05, 0) is 47.0 Å². The average molecular weight is 344 g/mol. The zero-order valence-electron chi connectivity index (χ0n) is 10.3. The smallest absolute Gasteiger partial charge is 0.385 e. The Labute approximate surface area is 117 Å². The number of rotatable bonds is 6. The van der Waals surface area contributed by atoms with Crippen molar-refractivity contribution in [2.24, 2.45) is 0 Å². The van der Waals surface area contributed by atoms with E-state index in [4.69, 9.17) is 0 Å². The van der Waals surface area contributed by atoms with Gasteiger partial charge in [0.15, 0.2) is 0 Å². The van der Waals surface area contributed by atoms with E-state index in [0.717, 1.165) is 5.56 Å². The van der Waals surface area contributed by atoms with Gasteiger partial charge >= 0.3 is 6.18 Å². The van der Waals surface area contributed by atoms with Crippen LogP contribution < -0.4 is 5.32 Å². The minimum absolute atomic E-state index is 0.00453. The molecule has 0 heterocycles. The lowest BCUT2D eigenvalue weighted by Gasteiger charge is -2.11. The Morgan fingerprint density at radius 3 is 2.63 bits per heavy atom. The van der Waals surface area contributed by atoms with Crippen LogP contribution in [0.5, 0.6) is 0 Å². The Hall–Kier alpha value is -0.820. The first-order chi connectivity index (χ1) is 8.79. The quantitative estimate of drug-likeness (QED) is 0.615. The normalized spacial score (nSPS) is 11.7. The number of halogens is 5. The topological polar surface area (TPSA) is 21.3 Å². The van der Waals surface area contributed by atoms with E-state index in [9.17, 15) is 17.6 Å². The fourth-order valence-electron chi connectivity index (χ4n) is 1.42. The maximum atomic E-state index is 13.3. The Morgan fingerprint density at radius 2 is 2.00 bits per heavy atom. The summed E-state index contributed by atoms with van der Waals surface area (Å²) in [6.07, 6.45) is -3.88. The van der Waals surface area contributed by atoms with Crippen molar-refractivity contribution in [1.82, 2.24) is 0 Å². The Kier molecular flexibility index (Phi) is 6.06. The van der Waals surface area contributed by atoms with Gasteiger partial charge in [-0.3, -0.25) is 0 Å². The molecule has 0 aromatic heterocycles. The van der Waals surface area contributed by atoms with Crippen molar-refractivity contribution in [3.05, 3.63) is 28.0 Å². The molecular weight excluding hydrogens is 330 g/mol. The van der Waals surface area contributed by atoms with Gasteiger partial charge in [-0.1, -0.05) is 0 Å². The molecule has 0 aliphatic rings. The van der Waals surface area contributed by atoms with Crippen LogP contribution in [0.1, 0.15) is 12.0 Å². The SMILES string of the molecule is Cc1cc(Br)c(F)cc1NCCCOCC(F)(F)F. The van der Waals surface area contributed by atoms with Crippen molar-refractivity contribution in [2.75, 3.05) is 25.1 Å². The highest BCUT2D eigenvalue weighted by Gasteiger charge is 2.27. The highest BCUT2D eigenvalue weighted by atomic mass is 79.9. The Morgan fingerprint density at radius 1 is 1.32 bits per heavy atom. The highest BCUT2D eigenvalue weighted by molar-refractivity contribution is 9.10. The predicted molar refractivity (Wildman–Crippen MR) is 68.8 cm³/mol. The molecule has 108 valence electrons. The second kappa shape index (κ2) is 7.09. The monoisotopic (exact) mass is 343 g/mol. The molecule has 0 aliphatic carbocycles. The summed E-state index contributed by atoms with van der Waals surface area (Å²) in [6, 6.07) is 2.98. The minimum Gasteiger partial charge on any atom is -0.385 e. The lowest BCUT2D eigenvalue weighted by molar-refractivity contribution is -0.173. The zero-order valence-corrected chi connectivity index (χ0v) is 11.9. The average Bonchev–Trinajstić information content (AvgIpc) is 2.28. The first-order valence-electron chi connectivity index (χ1n) is 5.63. The third-order valence-electron chi connectivity index (χ3n) is 2.31. The number of benzene rings is 1. The van der Waals surface area contributed by atoms with Crippen LogP contribution >= 0.6 is 15.9 Å². The molecule has 0 unspecified atom stereocenters. The van der Waals surface area contributed by atoms with Gasteiger partial charge in [0, 0.05) is 18.8 Å². The number of anilines is 1. The molecule has 0 radical (unpaired) electrons. The van der Waals surface area contributed by atoms with E-state index in [1.165, 1.54) is 6.07 Å². The van der Waals surface area contributed by atoms with Crippen LogP contribution in [-0.2, 0) is 4.74 Å². The summed E-state index contributed by atoms with van der Waals surface area (Å²) in [7, 11) is 0. The molecule has 1 aromatic carbocycles. The van der Waals surface area contributed by atoms with E-state index >= 15 is 0 Å². The van der Waals surface area contributed by atoms with Crippen molar-refractivity contribution in [1.29, 1.82) is 0 Å². The summed E-state index contributed by atoms with van der Waals surface area (Å²) in [4.78, 5) is 0. The second-order valence-corrected chi connectivity index (χ2v) is 4.88. The van der Waals surface area contributed by atoms with E-state index in [1.54, 1.807) is 6.07 Å². The lowest BCUT2D eigenvalue weighted by atomic mass is 10.2. The van der Waals surface area contributed by atoms with Crippen LogP contribution in [0.3, 0.4) is 0 Å². The zero-order chi connectivity index (χ0) is 14.5. The molecule has 0 bridgehead atoms. The standard InChI is InChI=1S/C12H14BrF4NO/c1-8-5-9(13)10(14)6-11(8)18-3-2-4-19-7-12(15,16)17/h5-6,18H,2-4,7H2,1H3. The molecule has 0 atom stereocenters. The molecule has 0 spiro atoms. The van der Waals surface area contributed by atoms with Crippen LogP contribution in [0.25, 0.3) is 0 Å². The molecule has 19 heavy (non-hydrogen) atoms. The van der Waals surface area contributed by atoms with Gasteiger partial charge in [0.05, 0.1) is 4.47 Å². The van der Waals surface area contributed by atoms with E-state index in [1.807, 2.05) is 6.92 Å². The summed E-state index contributed by atoms with van der Waals surface area (Å²) in [5, 5.41) is 2.96. The van der Waals surface area contributed by atoms with Crippen molar-refractivity contribution in [2.45, 2.75) is 19.5 Å². The lowest BCUT2D eigenvalue weighted by Crippen LogP contribution is -2.18. The minimum atomic E-state index is -4.29. The number of nitrogens with one attached hydrogen (secondary N) is 1. The molecule has 0 saturated heterocycles. The van der Waals surface area contributed by atoms with Gasteiger partial charge in [0.2, 0.25) is 0 Å². The number of alkyl halides is 3. The molecule has 1 N–H and O–H groups in total. The molecule has 0 aliphatic heterocycles. The second-order valence-electron chi connectivity index (χ2n) is 4.03. The molecular formula is C12H14BrF4NO. The fourth-order valence-corrected chi connectivity index (χ4v) is 1.88. The van der Waals surface area contributed by atoms with Crippen LogP contribution in [0, 0.1) is 12.7 Å². The van der Waals surface area contributed by atoms with E-state index in [-0.39, 0.29) is 12.4 Å². The largest absolute Gasteiger partial charge is 0.411 e. The van der Waals surface area contributed by atoms with Crippen LogP contribution in [0.2, 0.25) is 0 Å². The first kappa shape index (κ1) is 16.2. The van der Waals surface area contributed by atoms with Crippen LogP contribution in [0.4, 0.5) is 23.2 Å². The summed E-state index contributed by atoms with van der Waals surface area (Å²) >= 11 is 3.07. The molecule has 1 rings (SSSR count). The van der Waals surface area contributed by atoms with Crippen molar-refractivity contribution in [3.63, 3.8) is 0 Å². The molecule has 0 fully saturated rings. The van der Waals surface area contributed by atoms with E-state index in [2.05, 4.69) is 26.0 Å². The van der Waals surface area contributed by atoms with Crippen LogP contribution in [-0.4, -0.2) is 25.9 Å². The number of hydrogen-bond acceptors (Lipinski definition) is 2. The third-order valence-corrected chi connectivity index (χ3v) is 2.92. The summed E-state index contributed by atoms with van der Waals surface area (Å²) < 4.78 is 53.5. The molecule has 0 saturated carbocycles. The van der Waals surface area contributed by atoms with Gasteiger partial charge in [-0.15, -0.1) is 0 Å². The highest BCUT2D eigenvalue weighted by Crippen LogP contribution is 2.23. The maximum absolute atomic E-state index is 13.3. The van der Waals surface area contributed by atoms with Gasteiger partial charge in [-0.2, -0.15) is 13.2 Å². The van der Waals surface area contributed by atoms with Crippen molar-refractivity contribution in [3.8, 4) is 0 Å².